The Labute approximate surface area is 186 Å². The molecule has 4 rings (SSSR count). The summed E-state index contributed by atoms with van der Waals surface area (Å²) in [7, 11) is -1.05. The highest BCUT2D eigenvalue weighted by atomic mass is 32.2. The summed E-state index contributed by atoms with van der Waals surface area (Å²) in [6.07, 6.45) is -0.919. The number of fused-ring (bicyclic) bond motifs is 3. The molecule has 0 unspecified atom stereocenters. The molecule has 0 aromatic heterocycles. The van der Waals surface area contributed by atoms with E-state index in [1.165, 1.54) is 26.4 Å². The van der Waals surface area contributed by atoms with Crippen molar-refractivity contribution in [2.75, 3.05) is 25.5 Å². The molecule has 32 heavy (non-hydrogen) atoms. The second-order valence-corrected chi connectivity index (χ2v) is 9.40. The van der Waals surface area contributed by atoms with Crippen molar-refractivity contribution in [2.24, 2.45) is 0 Å². The predicted molar refractivity (Wildman–Crippen MR) is 114 cm³/mol. The number of methoxy groups -OCH3 is 2. The second-order valence-electron chi connectivity index (χ2n) is 7.72. The first kappa shape index (κ1) is 22.4. The van der Waals surface area contributed by atoms with Crippen LogP contribution in [0.5, 0.6) is 11.5 Å². The van der Waals surface area contributed by atoms with Crippen molar-refractivity contribution >= 4 is 21.7 Å². The van der Waals surface area contributed by atoms with Gasteiger partial charge < -0.3 is 24.1 Å². The van der Waals surface area contributed by atoms with Gasteiger partial charge in [0.2, 0.25) is 0 Å². The van der Waals surface area contributed by atoms with Crippen molar-refractivity contribution < 1.29 is 37.3 Å². The predicted octanol–water partition coefficient (Wildman–Crippen LogP) is 2.05. The number of hydrogen-bond acceptors (Lipinski definition) is 8. The number of aliphatic hydroxyl groups is 1. The number of esters is 1. The van der Waals surface area contributed by atoms with E-state index in [9.17, 15) is 18.3 Å². The van der Waals surface area contributed by atoms with Gasteiger partial charge in [0.1, 0.15) is 23.7 Å². The van der Waals surface area contributed by atoms with Crippen molar-refractivity contribution in [1.82, 2.24) is 0 Å². The van der Waals surface area contributed by atoms with Gasteiger partial charge in [-0.2, -0.15) is 0 Å². The third kappa shape index (κ3) is 4.38. The molecule has 2 aliphatic heterocycles. The number of aliphatic hydroxyl groups excluding tert-OH is 1. The Balaban J connectivity index is 1.58. The van der Waals surface area contributed by atoms with Gasteiger partial charge in [-0.15, -0.1) is 0 Å². The number of carbonyl (C=O) groups excluding carboxylic acids is 1. The molecular formula is C22H25NO8S. The van der Waals surface area contributed by atoms with Gasteiger partial charge in [-0.05, 0) is 36.8 Å². The summed E-state index contributed by atoms with van der Waals surface area (Å²) in [5.41, 5.74) is 1.19. The summed E-state index contributed by atoms with van der Waals surface area (Å²) >= 11 is 0. The third-order valence-electron chi connectivity index (χ3n) is 5.73. The number of ether oxygens (including phenoxy) is 4. The standard InChI is InChI=1S/C22H25NO8S/c1-28-14-4-3-5-16(9-14)32(26,27)23-13-6-7-19-17(8-13)18-10-15(11-21(25)29-2)30-20(12-24)22(18)31-19/h3-9,15,18,20,22-24H,10-12H2,1-2H3/t15-,18+,20-,22-/m0/s1. The maximum atomic E-state index is 12.9. The topological polar surface area (TPSA) is 120 Å². The minimum Gasteiger partial charge on any atom is -0.497 e. The van der Waals surface area contributed by atoms with Gasteiger partial charge >= 0.3 is 5.97 Å². The van der Waals surface area contributed by atoms with Gasteiger partial charge in [-0.25, -0.2) is 8.42 Å². The Morgan fingerprint density at radius 3 is 2.75 bits per heavy atom. The van der Waals surface area contributed by atoms with Gasteiger partial charge in [-0.3, -0.25) is 9.52 Å². The molecule has 2 aliphatic rings. The summed E-state index contributed by atoms with van der Waals surface area (Å²) < 4.78 is 50.0. The number of carbonyl (C=O) groups is 1. The van der Waals surface area contributed by atoms with Gasteiger partial charge in [0, 0.05) is 23.2 Å². The molecule has 0 saturated carbocycles. The summed E-state index contributed by atoms with van der Waals surface area (Å²) in [6.45, 7) is -0.262. The monoisotopic (exact) mass is 463 g/mol. The number of nitrogens with one attached hydrogen (secondary N) is 1. The molecule has 2 heterocycles. The molecule has 0 amide bonds. The van der Waals surface area contributed by atoms with E-state index in [4.69, 9.17) is 18.9 Å². The van der Waals surface area contributed by atoms with Crippen LogP contribution in [0.4, 0.5) is 5.69 Å². The molecule has 0 spiro atoms. The van der Waals surface area contributed by atoms with Crippen molar-refractivity contribution in [3.63, 3.8) is 0 Å². The Kier molecular flexibility index (Phi) is 6.27. The molecule has 172 valence electrons. The minimum atomic E-state index is -3.83. The van der Waals surface area contributed by atoms with Crippen LogP contribution in [0.3, 0.4) is 0 Å². The summed E-state index contributed by atoms with van der Waals surface area (Å²) in [5, 5.41) is 9.78. The Hall–Kier alpha value is -2.82. The Morgan fingerprint density at radius 1 is 1.22 bits per heavy atom. The lowest BCUT2D eigenvalue weighted by Crippen LogP contribution is -2.46. The fourth-order valence-electron chi connectivity index (χ4n) is 4.20. The molecular weight excluding hydrogens is 438 g/mol. The second kappa shape index (κ2) is 8.97. The number of rotatable bonds is 7. The van der Waals surface area contributed by atoms with E-state index in [-0.39, 0.29) is 23.8 Å². The molecule has 9 nitrogen and oxygen atoms in total. The zero-order valence-electron chi connectivity index (χ0n) is 17.7. The molecule has 1 fully saturated rings. The quantitative estimate of drug-likeness (QED) is 0.599. The number of benzene rings is 2. The van der Waals surface area contributed by atoms with E-state index < -0.39 is 34.3 Å². The maximum Gasteiger partial charge on any atom is 0.308 e. The van der Waals surface area contributed by atoms with Gasteiger partial charge in [0.05, 0.1) is 38.2 Å². The van der Waals surface area contributed by atoms with E-state index in [0.29, 0.717) is 23.6 Å². The fourth-order valence-corrected chi connectivity index (χ4v) is 5.29. The first-order valence-electron chi connectivity index (χ1n) is 10.1. The first-order chi connectivity index (χ1) is 15.3. The van der Waals surface area contributed by atoms with E-state index >= 15 is 0 Å². The number of hydrogen-bond donors (Lipinski definition) is 2. The van der Waals surface area contributed by atoms with Crippen LogP contribution in [0.25, 0.3) is 0 Å². The van der Waals surface area contributed by atoms with Crippen LogP contribution < -0.4 is 14.2 Å². The molecule has 2 aromatic rings. The van der Waals surface area contributed by atoms with Crippen molar-refractivity contribution in [3.8, 4) is 11.5 Å². The zero-order chi connectivity index (χ0) is 22.9. The smallest absolute Gasteiger partial charge is 0.308 e. The van der Waals surface area contributed by atoms with E-state index in [1.54, 1.807) is 30.3 Å². The van der Waals surface area contributed by atoms with Gasteiger partial charge in [-0.1, -0.05) is 6.07 Å². The van der Waals surface area contributed by atoms with Crippen molar-refractivity contribution in [3.05, 3.63) is 48.0 Å². The van der Waals surface area contributed by atoms with Crippen LogP contribution in [-0.4, -0.2) is 58.6 Å². The highest BCUT2D eigenvalue weighted by Gasteiger charge is 2.46. The Morgan fingerprint density at radius 2 is 2.03 bits per heavy atom. The van der Waals surface area contributed by atoms with Gasteiger partial charge in [0.25, 0.3) is 10.0 Å². The highest BCUT2D eigenvalue weighted by molar-refractivity contribution is 7.92. The lowest BCUT2D eigenvalue weighted by atomic mass is 9.84. The SMILES string of the molecule is COC(=O)C[C@@H]1C[C@@H]2c3cc(NS(=O)(=O)c4cccc(OC)c4)ccc3O[C@@H]2[C@H](CO)O1. The van der Waals surface area contributed by atoms with Crippen LogP contribution in [0.1, 0.15) is 24.3 Å². The Bertz CT molecular complexity index is 1100. The highest BCUT2D eigenvalue weighted by Crippen LogP contribution is 2.47. The molecule has 0 bridgehead atoms. The average Bonchev–Trinajstić information content (AvgIpc) is 3.16. The normalized spacial score (nSPS) is 24.1. The molecule has 4 atom stereocenters. The number of sulfonamides is 1. The lowest BCUT2D eigenvalue weighted by Gasteiger charge is -2.36. The third-order valence-corrected chi connectivity index (χ3v) is 7.10. The molecule has 1 saturated heterocycles. The summed E-state index contributed by atoms with van der Waals surface area (Å²) in [5.74, 6) is 0.480. The summed E-state index contributed by atoms with van der Waals surface area (Å²) in [6, 6.07) is 11.2. The van der Waals surface area contributed by atoms with Crippen LogP contribution in [-0.2, 0) is 24.3 Å². The maximum absolute atomic E-state index is 12.9. The van der Waals surface area contributed by atoms with Crippen LogP contribution in [0, 0.1) is 0 Å². The van der Waals surface area contributed by atoms with Crippen molar-refractivity contribution in [1.29, 1.82) is 0 Å². The largest absolute Gasteiger partial charge is 0.497 e. The molecule has 2 aromatic carbocycles. The fraction of sp³-hybridized carbons (Fsp3) is 0.409. The van der Waals surface area contributed by atoms with Gasteiger partial charge in [0.15, 0.2) is 0 Å². The van der Waals surface area contributed by atoms with E-state index in [1.807, 2.05) is 0 Å². The first-order valence-corrected chi connectivity index (χ1v) is 11.6. The van der Waals surface area contributed by atoms with Crippen LogP contribution in [0.15, 0.2) is 47.4 Å². The lowest BCUT2D eigenvalue weighted by molar-refractivity contribution is -0.156. The van der Waals surface area contributed by atoms with E-state index in [0.717, 1.165) is 5.56 Å². The van der Waals surface area contributed by atoms with Crippen LogP contribution >= 0.6 is 0 Å². The minimum absolute atomic E-state index is 0.0632. The molecule has 10 heteroatoms. The van der Waals surface area contributed by atoms with Crippen molar-refractivity contribution in [2.45, 2.75) is 42.0 Å². The molecule has 0 radical (unpaired) electrons. The molecule has 0 aliphatic carbocycles. The number of anilines is 1. The van der Waals surface area contributed by atoms with Crippen LogP contribution in [0.2, 0.25) is 0 Å². The van der Waals surface area contributed by atoms with E-state index in [2.05, 4.69) is 4.72 Å². The molecule has 2 N–H and O–H groups in total. The summed E-state index contributed by atoms with van der Waals surface area (Å²) in [4.78, 5) is 11.8. The average molecular weight is 464 g/mol. The zero-order valence-corrected chi connectivity index (χ0v) is 18.5.